The zero-order valence-corrected chi connectivity index (χ0v) is 8.35. The van der Waals surface area contributed by atoms with Crippen LogP contribution in [0.2, 0.25) is 0 Å². The van der Waals surface area contributed by atoms with Crippen molar-refractivity contribution in [1.82, 2.24) is 0 Å². The van der Waals surface area contributed by atoms with Crippen LogP contribution in [-0.2, 0) is 11.2 Å². The average molecular weight is 229 g/mol. The van der Waals surface area contributed by atoms with E-state index in [1.807, 2.05) is 0 Å². The molecule has 0 fully saturated rings. The molecule has 0 saturated carbocycles. The van der Waals surface area contributed by atoms with E-state index in [1.165, 1.54) is 12.1 Å². The topological polar surface area (TPSA) is 104 Å². The Balaban J connectivity index is 2.95. The first-order valence-corrected chi connectivity index (χ1v) is 4.48. The summed E-state index contributed by atoms with van der Waals surface area (Å²) in [6.45, 7) is -1.22. The van der Waals surface area contributed by atoms with Crippen molar-refractivity contribution in [3.63, 3.8) is 0 Å². The van der Waals surface area contributed by atoms with E-state index in [0.29, 0.717) is 5.56 Å². The molecule has 1 aromatic rings. The maximum Gasteiger partial charge on any atom is 0.326 e. The Morgan fingerprint density at radius 3 is 2.44 bits per heavy atom. The van der Waals surface area contributed by atoms with Crippen molar-refractivity contribution in [2.75, 3.05) is 6.67 Å². The summed E-state index contributed by atoms with van der Waals surface area (Å²) in [5.41, 5.74) is 3.66. The molecule has 0 heterocycles. The first-order chi connectivity index (χ1) is 7.39. The number of hydrogen-bond donors (Lipinski definition) is 4. The number of nitrogens with two attached hydrogens (primary N) is 1. The third-order valence-electron chi connectivity index (χ3n) is 2.22. The lowest BCUT2D eigenvalue weighted by Crippen LogP contribution is -2.52. The van der Waals surface area contributed by atoms with E-state index < -0.39 is 23.9 Å². The molecule has 5 nitrogen and oxygen atoms in total. The molecule has 1 atom stereocenters. The fourth-order valence-corrected chi connectivity index (χ4v) is 1.22. The van der Waals surface area contributed by atoms with Crippen molar-refractivity contribution >= 4 is 5.97 Å². The predicted octanol–water partition coefficient (Wildman–Crippen LogP) is 0.392. The van der Waals surface area contributed by atoms with Crippen molar-refractivity contribution in [1.29, 1.82) is 0 Å². The summed E-state index contributed by atoms with van der Waals surface area (Å²) < 4.78 is 12.5. The Labute approximate surface area is 90.9 Å². The summed E-state index contributed by atoms with van der Waals surface area (Å²) in [4.78, 5) is 10.7. The molecule has 0 saturated heterocycles. The summed E-state index contributed by atoms with van der Waals surface area (Å²) >= 11 is 0. The molecule has 16 heavy (non-hydrogen) atoms. The molecule has 0 unspecified atom stereocenters. The smallest absolute Gasteiger partial charge is 0.326 e. The normalized spacial score (nSPS) is 14.4. The molecule has 0 aliphatic heterocycles. The maximum absolute atomic E-state index is 12.5. The van der Waals surface area contributed by atoms with Gasteiger partial charge in [0.2, 0.25) is 0 Å². The van der Waals surface area contributed by atoms with Gasteiger partial charge in [0, 0.05) is 6.42 Å². The quantitative estimate of drug-likeness (QED) is 0.559. The second-order valence-corrected chi connectivity index (χ2v) is 3.59. The molecule has 1 aromatic carbocycles. The molecule has 0 aromatic heterocycles. The number of phenolic OH excluding ortho intramolecular Hbond substituents is 2. The van der Waals surface area contributed by atoms with Crippen LogP contribution in [0.25, 0.3) is 0 Å². The average Bonchev–Trinajstić information content (AvgIpc) is 2.23. The minimum atomic E-state index is -2.01. The Morgan fingerprint density at radius 2 is 2.00 bits per heavy atom. The fraction of sp³-hybridized carbons (Fsp3) is 0.300. The molecule has 0 amide bonds. The van der Waals surface area contributed by atoms with Crippen LogP contribution in [0.4, 0.5) is 4.39 Å². The number of rotatable bonds is 4. The Morgan fingerprint density at radius 1 is 1.38 bits per heavy atom. The fourth-order valence-electron chi connectivity index (χ4n) is 1.22. The van der Waals surface area contributed by atoms with Gasteiger partial charge in [0.25, 0.3) is 0 Å². The summed E-state index contributed by atoms with van der Waals surface area (Å²) in [5, 5.41) is 27.0. The number of benzene rings is 1. The minimum Gasteiger partial charge on any atom is -0.504 e. The van der Waals surface area contributed by atoms with Crippen LogP contribution >= 0.6 is 0 Å². The van der Waals surface area contributed by atoms with Gasteiger partial charge in [-0.1, -0.05) is 6.07 Å². The Kier molecular flexibility index (Phi) is 3.34. The van der Waals surface area contributed by atoms with E-state index in [2.05, 4.69) is 0 Å². The molecular formula is C10H12FNO4. The number of halogens is 1. The summed E-state index contributed by atoms with van der Waals surface area (Å²) in [6.07, 6.45) is -0.271. The van der Waals surface area contributed by atoms with E-state index in [-0.39, 0.29) is 12.2 Å². The van der Waals surface area contributed by atoms with Gasteiger partial charge in [-0.25, -0.2) is 4.39 Å². The van der Waals surface area contributed by atoms with Crippen molar-refractivity contribution in [2.45, 2.75) is 12.0 Å². The van der Waals surface area contributed by atoms with E-state index in [0.717, 1.165) is 6.07 Å². The minimum absolute atomic E-state index is 0.271. The zero-order chi connectivity index (χ0) is 12.3. The van der Waals surface area contributed by atoms with Gasteiger partial charge >= 0.3 is 5.97 Å². The van der Waals surface area contributed by atoms with Crippen molar-refractivity contribution in [3.05, 3.63) is 23.8 Å². The molecule has 0 radical (unpaired) electrons. The molecule has 0 aliphatic rings. The molecule has 0 bridgehead atoms. The number of carboxylic acids is 1. The van der Waals surface area contributed by atoms with Crippen LogP contribution in [0.15, 0.2) is 18.2 Å². The second kappa shape index (κ2) is 4.36. The highest BCUT2D eigenvalue weighted by atomic mass is 19.1. The van der Waals surface area contributed by atoms with Gasteiger partial charge in [0.15, 0.2) is 11.5 Å². The molecule has 6 heteroatoms. The van der Waals surface area contributed by atoms with Gasteiger partial charge in [0.05, 0.1) is 0 Å². The largest absolute Gasteiger partial charge is 0.504 e. The standard InChI is InChI=1S/C10H12FNO4/c11-5-10(12,9(15)16)4-6-1-2-7(13)8(14)3-6/h1-3,13-14H,4-5,12H2,(H,15,16)/t10-/m0/s1. The first-order valence-electron chi connectivity index (χ1n) is 4.48. The van der Waals surface area contributed by atoms with Gasteiger partial charge in [0.1, 0.15) is 12.2 Å². The first kappa shape index (κ1) is 12.3. The summed E-state index contributed by atoms with van der Waals surface area (Å²) in [6, 6.07) is 3.70. The lowest BCUT2D eigenvalue weighted by atomic mass is 9.93. The number of aliphatic carboxylic acids is 1. The van der Waals surface area contributed by atoms with Crippen LogP contribution in [0.5, 0.6) is 11.5 Å². The predicted molar refractivity (Wildman–Crippen MR) is 54.0 cm³/mol. The maximum atomic E-state index is 12.5. The molecular weight excluding hydrogens is 217 g/mol. The van der Waals surface area contributed by atoms with Gasteiger partial charge in [-0.05, 0) is 17.7 Å². The number of hydrogen-bond acceptors (Lipinski definition) is 4. The second-order valence-electron chi connectivity index (χ2n) is 3.59. The zero-order valence-electron chi connectivity index (χ0n) is 8.35. The molecule has 5 N–H and O–H groups in total. The molecule has 0 spiro atoms. The van der Waals surface area contributed by atoms with Gasteiger partial charge in [-0.3, -0.25) is 4.79 Å². The van der Waals surface area contributed by atoms with Crippen molar-refractivity contribution < 1.29 is 24.5 Å². The third kappa shape index (κ3) is 2.40. The molecule has 88 valence electrons. The van der Waals surface area contributed by atoms with Crippen molar-refractivity contribution in [2.24, 2.45) is 5.73 Å². The highest BCUT2D eigenvalue weighted by Gasteiger charge is 2.34. The van der Waals surface area contributed by atoms with Crippen LogP contribution in [0.1, 0.15) is 5.56 Å². The number of phenols is 2. The number of alkyl halides is 1. The van der Waals surface area contributed by atoms with Gasteiger partial charge < -0.3 is 21.1 Å². The van der Waals surface area contributed by atoms with Gasteiger partial charge in [-0.15, -0.1) is 0 Å². The third-order valence-corrected chi connectivity index (χ3v) is 2.22. The number of carboxylic acid groups (broad SMARTS) is 1. The van der Waals surface area contributed by atoms with Crippen molar-refractivity contribution in [3.8, 4) is 11.5 Å². The van der Waals surface area contributed by atoms with E-state index >= 15 is 0 Å². The lowest BCUT2D eigenvalue weighted by molar-refractivity contribution is -0.143. The van der Waals surface area contributed by atoms with Gasteiger partial charge in [-0.2, -0.15) is 0 Å². The van der Waals surface area contributed by atoms with Crippen LogP contribution < -0.4 is 5.73 Å². The SMILES string of the molecule is N[C@](CF)(Cc1ccc(O)c(O)c1)C(=O)O. The van der Waals surface area contributed by atoms with E-state index in [1.54, 1.807) is 0 Å². The summed E-state index contributed by atoms with van der Waals surface area (Å²) in [7, 11) is 0. The molecule has 0 aliphatic carbocycles. The van der Waals surface area contributed by atoms with E-state index in [9.17, 15) is 14.3 Å². The monoisotopic (exact) mass is 229 g/mol. The van der Waals surface area contributed by atoms with E-state index in [4.69, 9.17) is 15.9 Å². The highest BCUT2D eigenvalue weighted by molar-refractivity contribution is 5.79. The van der Waals surface area contributed by atoms with Crippen LogP contribution in [0, 0.1) is 0 Å². The summed E-state index contributed by atoms with van der Waals surface area (Å²) in [5.74, 6) is -2.19. The lowest BCUT2D eigenvalue weighted by Gasteiger charge is -2.20. The Bertz CT molecular complexity index is 410. The van der Waals surface area contributed by atoms with Crippen LogP contribution in [0.3, 0.4) is 0 Å². The highest BCUT2D eigenvalue weighted by Crippen LogP contribution is 2.26. The number of carbonyl (C=O) groups is 1. The molecule has 1 rings (SSSR count). The van der Waals surface area contributed by atoms with Crippen LogP contribution in [-0.4, -0.2) is 33.5 Å². The number of aromatic hydroxyl groups is 2. The Hall–Kier alpha value is -1.82.